The van der Waals surface area contributed by atoms with Crippen LogP contribution in [-0.4, -0.2) is 41.9 Å². The van der Waals surface area contributed by atoms with E-state index in [9.17, 15) is 22.9 Å². The lowest BCUT2D eigenvalue weighted by Gasteiger charge is -2.21. The van der Waals surface area contributed by atoms with Gasteiger partial charge >= 0.3 is 0 Å². The quantitative estimate of drug-likeness (QED) is 0.0323. The second-order valence-corrected chi connectivity index (χ2v) is 18.2. The lowest BCUT2D eigenvalue weighted by molar-refractivity contribution is -0.122. The smallest absolute Gasteiger partial charge is 0.267 e. The Hall–Kier alpha value is -1.70. The van der Waals surface area contributed by atoms with E-state index in [0.29, 0.717) is 6.42 Å². The van der Waals surface area contributed by atoms with Gasteiger partial charge in [0.05, 0.1) is 17.9 Å². The fraction of sp³-hybridized carbons (Fsp3) is 0.820. The highest BCUT2D eigenvalue weighted by Crippen LogP contribution is 2.15. The van der Waals surface area contributed by atoms with E-state index < -0.39 is 28.0 Å². The van der Waals surface area contributed by atoms with Gasteiger partial charge in [-0.3, -0.25) is 9.35 Å². The van der Waals surface area contributed by atoms with Gasteiger partial charge in [-0.1, -0.05) is 223 Å². The van der Waals surface area contributed by atoms with Crippen LogP contribution in [0.2, 0.25) is 0 Å². The van der Waals surface area contributed by atoms with Crippen LogP contribution in [0.15, 0.2) is 48.6 Å². The zero-order chi connectivity index (χ0) is 41.8. The van der Waals surface area contributed by atoms with Crippen molar-refractivity contribution < 1.29 is 22.9 Å². The van der Waals surface area contributed by atoms with Gasteiger partial charge in [-0.05, 0) is 64.2 Å². The number of carbonyl (C=O) groups is 1. The molecule has 0 aliphatic carbocycles. The summed E-state index contributed by atoms with van der Waals surface area (Å²) < 4.78 is 32.6. The second-order valence-electron chi connectivity index (χ2n) is 16.7. The monoisotopic (exact) mass is 820 g/mol. The molecular formula is C50H93NO5S. The fourth-order valence-electron chi connectivity index (χ4n) is 7.32. The number of hydrogen-bond donors (Lipinski definition) is 3. The SMILES string of the molecule is CCCCCCC/C=C\C/C=C\CCCCCCCCCCCCCC(=O)NC(CS(=O)(=O)O)C(O)/C=C/CC/C=C/CCCCCCCCCCCCCCC. The van der Waals surface area contributed by atoms with Gasteiger partial charge in [0.15, 0.2) is 0 Å². The summed E-state index contributed by atoms with van der Waals surface area (Å²) in [4.78, 5) is 12.6. The molecule has 2 unspecified atom stereocenters. The molecule has 0 spiro atoms. The van der Waals surface area contributed by atoms with Crippen LogP contribution in [0.25, 0.3) is 0 Å². The number of rotatable bonds is 44. The average molecular weight is 820 g/mol. The first-order valence-corrected chi connectivity index (χ1v) is 25.9. The molecule has 0 heterocycles. The molecule has 0 saturated carbocycles. The van der Waals surface area contributed by atoms with Gasteiger partial charge in [-0.2, -0.15) is 8.42 Å². The molecule has 57 heavy (non-hydrogen) atoms. The Morgan fingerprint density at radius 3 is 1.21 bits per heavy atom. The maximum Gasteiger partial charge on any atom is 0.267 e. The number of hydrogen-bond acceptors (Lipinski definition) is 4. The molecular weight excluding hydrogens is 727 g/mol. The van der Waals surface area contributed by atoms with Crippen LogP contribution in [0.3, 0.4) is 0 Å². The Labute approximate surface area is 354 Å². The molecule has 0 aromatic heterocycles. The molecule has 0 aromatic carbocycles. The molecule has 0 fully saturated rings. The number of aliphatic hydroxyl groups is 1. The number of aliphatic hydroxyl groups excluding tert-OH is 1. The third-order valence-corrected chi connectivity index (χ3v) is 11.8. The number of nitrogens with one attached hydrogen (secondary N) is 1. The largest absolute Gasteiger partial charge is 0.387 e. The number of allylic oxidation sites excluding steroid dienone is 7. The average Bonchev–Trinajstić information content (AvgIpc) is 3.18. The lowest BCUT2D eigenvalue weighted by Crippen LogP contribution is -2.46. The highest BCUT2D eigenvalue weighted by atomic mass is 32.2. The minimum atomic E-state index is -4.36. The van der Waals surface area contributed by atoms with Crippen molar-refractivity contribution >= 4 is 16.0 Å². The Morgan fingerprint density at radius 2 is 0.807 bits per heavy atom. The third kappa shape index (κ3) is 45.2. The minimum Gasteiger partial charge on any atom is -0.387 e. The van der Waals surface area contributed by atoms with Crippen LogP contribution >= 0.6 is 0 Å². The normalized spacial score (nSPS) is 13.5. The molecule has 334 valence electrons. The van der Waals surface area contributed by atoms with Crippen molar-refractivity contribution in [1.29, 1.82) is 0 Å². The van der Waals surface area contributed by atoms with E-state index in [1.807, 2.05) is 6.08 Å². The molecule has 0 saturated heterocycles. The van der Waals surface area contributed by atoms with Gasteiger partial charge in [0.25, 0.3) is 10.1 Å². The van der Waals surface area contributed by atoms with Crippen LogP contribution in [0.4, 0.5) is 0 Å². The maximum absolute atomic E-state index is 12.6. The Bertz CT molecular complexity index is 1080. The molecule has 0 radical (unpaired) electrons. The zero-order valence-electron chi connectivity index (χ0n) is 37.5. The fourth-order valence-corrected chi connectivity index (χ4v) is 8.05. The Morgan fingerprint density at radius 1 is 0.474 bits per heavy atom. The van der Waals surface area contributed by atoms with Crippen LogP contribution in [-0.2, 0) is 14.9 Å². The summed E-state index contributed by atoms with van der Waals surface area (Å²) in [5, 5.41) is 13.3. The first-order valence-electron chi connectivity index (χ1n) is 24.3. The van der Waals surface area contributed by atoms with Gasteiger partial charge in [0.1, 0.15) is 0 Å². The molecule has 7 heteroatoms. The van der Waals surface area contributed by atoms with Gasteiger partial charge in [0.2, 0.25) is 5.91 Å². The van der Waals surface area contributed by atoms with Crippen molar-refractivity contribution in [3.05, 3.63) is 48.6 Å². The van der Waals surface area contributed by atoms with Crippen LogP contribution in [0, 0.1) is 0 Å². The van der Waals surface area contributed by atoms with Gasteiger partial charge in [-0.25, -0.2) is 0 Å². The van der Waals surface area contributed by atoms with E-state index >= 15 is 0 Å². The third-order valence-electron chi connectivity index (χ3n) is 11.0. The molecule has 0 aliphatic heterocycles. The molecule has 0 aliphatic rings. The van der Waals surface area contributed by atoms with Crippen molar-refractivity contribution in [2.75, 3.05) is 5.75 Å². The molecule has 0 bridgehead atoms. The predicted octanol–water partition coefficient (Wildman–Crippen LogP) is 15.0. The van der Waals surface area contributed by atoms with Crippen LogP contribution in [0.1, 0.15) is 245 Å². The molecule has 2 atom stereocenters. The summed E-state index contributed by atoms with van der Waals surface area (Å²) in [5.41, 5.74) is 0. The molecule has 1 amide bonds. The van der Waals surface area contributed by atoms with Crippen molar-refractivity contribution in [2.24, 2.45) is 0 Å². The number of unbranched alkanes of at least 4 members (excludes halogenated alkanes) is 30. The topological polar surface area (TPSA) is 104 Å². The van der Waals surface area contributed by atoms with E-state index in [1.165, 1.54) is 186 Å². The molecule has 6 nitrogen and oxygen atoms in total. The highest BCUT2D eigenvalue weighted by molar-refractivity contribution is 7.85. The summed E-state index contributed by atoms with van der Waals surface area (Å²) in [6.45, 7) is 4.53. The number of amides is 1. The zero-order valence-corrected chi connectivity index (χ0v) is 38.3. The van der Waals surface area contributed by atoms with Gasteiger partial charge in [0, 0.05) is 6.42 Å². The minimum absolute atomic E-state index is 0.285. The van der Waals surface area contributed by atoms with Crippen LogP contribution < -0.4 is 5.32 Å². The Balaban J connectivity index is 3.86. The van der Waals surface area contributed by atoms with Crippen LogP contribution in [0.5, 0.6) is 0 Å². The second kappa shape index (κ2) is 43.9. The van der Waals surface area contributed by atoms with Crippen molar-refractivity contribution in [2.45, 2.75) is 257 Å². The number of carbonyl (C=O) groups excluding carboxylic acids is 1. The summed E-state index contributed by atoms with van der Waals surface area (Å²) in [7, 11) is -4.36. The first-order chi connectivity index (χ1) is 27.8. The molecule has 0 rings (SSSR count). The van der Waals surface area contributed by atoms with E-state index in [2.05, 4.69) is 55.6 Å². The highest BCUT2D eigenvalue weighted by Gasteiger charge is 2.24. The summed E-state index contributed by atoms with van der Waals surface area (Å²) in [6.07, 6.45) is 59.7. The van der Waals surface area contributed by atoms with Crippen molar-refractivity contribution in [3.63, 3.8) is 0 Å². The molecule has 0 aromatic rings. The molecule has 3 N–H and O–H groups in total. The van der Waals surface area contributed by atoms with E-state index in [-0.39, 0.29) is 12.3 Å². The van der Waals surface area contributed by atoms with Crippen molar-refractivity contribution in [3.8, 4) is 0 Å². The summed E-state index contributed by atoms with van der Waals surface area (Å²) in [6, 6.07) is -1.08. The predicted molar refractivity (Wildman–Crippen MR) is 248 cm³/mol. The lowest BCUT2D eigenvalue weighted by atomic mass is 10.0. The summed E-state index contributed by atoms with van der Waals surface area (Å²) in [5.74, 6) is -1.000. The van der Waals surface area contributed by atoms with Crippen molar-refractivity contribution in [1.82, 2.24) is 5.32 Å². The van der Waals surface area contributed by atoms with E-state index in [0.717, 1.165) is 38.5 Å². The van der Waals surface area contributed by atoms with E-state index in [4.69, 9.17) is 0 Å². The van der Waals surface area contributed by atoms with Gasteiger partial charge in [-0.15, -0.1) is 0 Å². The summed E-state index contributed by atoms with van der Waals surface area (Å²) >= 11 is 0. The standard InChI is InChI=1S/C50H93NO5S/c1-3-5-7-9-11-13-15-17-19-21-23-24-25-26-28-30-32-34-36-38-40-42-44-46-50(53)51-48(47-57(54,55)56)49(52)45-43-41-39-37-35-33-31-29-27-22-20-18-16-14-12-10-8-6-4-2/h15,17,21,23,35,37,43,45,48-49,52H,3-14,16,18-20,22,24-34,36,38-42,44,46-47H2,1-2H3,(H,51,53)(H,54,55,56)/b17-15-,23-21-,37-35+,45-43+. The van der Waals surface area contributed by atoms with Gasteiger partial charge < -0.3 is 10.4 Å². The van der Waals surface area contributed by atoms with E-state index in [1.54, 1.807) is 0 Å². The Kier molecular flexibility index (Phi) is 42.6. The maximum atomic E-state index is 12.6. The first kappa shape index (κ1) is 55.3.